The molecule has 0 aliphatic rings. The Morgan fingerprint density at radius 1 is 1.19 bits per heavy atom. The highest BCUT2D eigenvalue weighted by molar-refractivity contribution is 5.59. The number of rotatable bonds is 5. The van der Waals surface area contributed by atoms with Crippen molar-refractivity contribution >= 4 is 5.69 Å². The zero-order valence-electron chi connectivity index (χ0n) is 12.2. The Bertz CT molecular complexity index is 710. The average molecular weight is 282 g/mol. The maximum atomic E-state index is 4.26. The van der Waals surface area contributed by atoms with Crippen molar-refractivity contribution in [1.82, 2.24) is 24.5 Å². The summed E-state index contributed by atoms with van der Waals surface area (Å²) in [5, 5.41) is 15.7. The summed E-state index contributed by atoms with van der Waals surface area (Å²) in [6, 6.07) is 8.19. The summed E-state index contributed by atoms with van der Waals surface area (Å²) in [5.41, 5.74) is 3.30. The first kappa shape index (κ1) is 13.4. The van der Waals surface area contributed by atoms with Gasteiger partial charge in [-0.2, -0.15) is 5.10 Å². The predicted octanol–water partition coefficient (Wildman–Crippen LogP) is 2.31. The van der Waals surface area contributed by atoms with Gasteiger partial charge in [-0.1, -0.05) is 0 Å². The van der Waals surface area contributed by atoms with Crippen LogP contribution in [0.15, 0.2) is 43.0 Å². The van der Waals surface area contributed by atoms with Crippen LogP contribution in [0.1, 0.15) is 12.5 Å². The van der Waals surface area contributed by atoms with E-state index in [1.165, 1.54) is 5.56 Å². The lowest BCUT2D eigenvalue weighted by molar-refractivity contribution is 0.659. The Kier molecular flexibility index (Phi) is 3.68. The van der Waals surface area contributed by atoms with Gasteiger partial charge in [-0.3, -0.25) is 4.68 Å². The summed E-state index contributed by atoms with van der Waals surface area (Å²) in [4.78, 5) is 0. The molecule has 0 saturated carbocycles. The molecule has 6 nitrogen and oxygen atoms in total. The number of hydrogen-bond donors (Lipinski definition) is 1. The molecule has 0 bridgehead atoms. The highest BCUT2D eigenvalue weighted by atomic mass is 15.3. The van der Waals surface area contributed by atoms with Crippen LogP contribution in [0.4, 0.5) is 5.69 Å². The quantitative estimate of drug-likeness (QED) is 0.780. The maximum absolute atomic E-state index is 4.26. The Morgan fingerprint density at radius 3 is 2.62 bits per heavy atom. The van der Waals surface area contributed by atoms with E-state index in [9.17, 15) is 0 Å². The lowest BCUT2D eigenvalue weighted by Crippen LogP contribution is -1.99. The van der Waals surface area contributed by atoms with Gasteiger partial charge in [0.05, 0.1) is 6.20 Å². The van der Waals surface area contributed by atoms with Crippen molar-refractivity contribution in [3.05, 3.63) is 48.5 Å². The van der Waals surface area contributed by atoms with E-state index in [-0.39, 0.29) is 0 Å². The smallest absolute Gasteiger partial charge is 0.163 e. The van der Waals surface area contributed by atoms with Gasteiger partial charge in [0.25, 0.3) is 0 Å². The molecule has 21 heavy (non-hydrogen) atoms. The van der Waals surface area contributed by atoms with Crippen LogP contribution in [-0.4, -0.2) is 24.5 Å². The number of nitrogens with zero attached hydrogens (tertiary/aromatic N) is 5. The molecule has 1 aromatic carbocycles. The zero-order valence-corrected chi connectivity index (χ0v) is 12.2. The Labute approximate surface area is 123 Å². The standard InChI is InChI=1S/C15H18N6/c1-3-21-10-12(9-18-21)8-16-14-6-4-13(5-7-14)15-19-17-11-20(15)2/h4-7,9-11,16H,3,8H2,1-2H3. The van der Waals surface area contributed by atoms with Crippen LogP contribution < -0.4 is 5.32 Å². The second-order valence-corrected chi connectivity index (χ2v) is 4.90. The third-order valence-electron chi connectivity index (χ3n) is 3.36. The normalized spacial score (nSPS) is 10.8. The fraction of sp³-hybridized carbons (Fsp3) is 0.267. The van der Waals surface area contributed by atoms with Crippen LogP contribution in [0.3, 0.4) is 0 Å². The monoisotopic (exact) mass is 282 g/mol. The molecule has 0 saturated heterocycles. The fourth-order valence-corrected chi connectivity index (χ4v) is 2.16. The Balaban J connectivity index is 1.66. The number of aryl methyl sites for hydroxylation is 2. The van der Waals surface area contributed by atoms with Crippen molar-refractivity contribution in [2.24, 2.45) is 7.05 Å². The second kappa shape index (κ2) is 5.78. The van der Waals surface area contributed by atoms with Crippen molar-refractivity contribution < 1.29 is 0 Å². The molecule has 3 aromatic rings. The van der Waals surface area contributed by atoms with E-state index in [1.807, 2.05) is 46.8 Å². The molecule has 0 fully saturated rings. The van der Waals surface area contributed by atoms with Crippen LogP contribution >= 0.6 is 0 Å². The van der Waals surface area contributed by atoms with E-state index in [4.69, 9.17) is 0 Å². The maximum Gasteiger partial charge on any atom is 0.163 e. The van der Waals surface area contributed by atoms with Crippen LogP contribution in [0.25, 0.3) is 11.4 Å². The van der Waals surface area contributed by atoms with Gasteiger partial charge in [0.1, 0.15) is 6.33 Å². The van der Waals surface area contributed by atoms with Crippen LogP contribution in [0, 0.1) is 0 Å². The van der Waals surface area contributed by atoms with Gasteiger partial charge in [0.15, 0.2) is 5.82 Å². The van der Waals surface area contributed by atoms with Crippen molar-refractivity contribution in [3.63, 3.8) is 0 Å². The minimum atomic E-state index is 0.767. The van der Waals surface area contributed by atoms with Gasteiger partial charge in [-0.15, -0.1) is 10.2 Å². The molecule has 0 atom stereocenters. The van der Waals surface area contributed by atoms with Gasteiger partial charge in [0.2, 0.25) is 0 Å². The van der Waals surface area contributed by atoms with Crippen LogP contribution in [0.5, 0.6) is 0 Å². The number of benzene rings is 1. The van der Waals surface area contributed by atoms with Gasteiger partial charge >= 0.3 is 0 Å². The minimum absolute atomic E-state index is 0.767. The number of hydrogen-bond acceptors (Lipinski definition) is 4. The van der Waals surface area contributed by atoms with E-state index >= 15 is 0 Å². The fourth-order valence-electron chi connectivity index (χ4n) is 2.16. The summed E-state index contributed by atoms with van der Waals surface area (Å²) >= 11 is 0. The van der Waals surface area contributed by atoms with E-state index in [1.54, 1.807) is 6.33 Å². The molecule has 0 amide bonds. The molecule has 0 radical (unpaired) electrons. The minimum Gasteiger partial charge on any atom is -0.381 e. The van der Waals surface area contributed by atoms with Gasteiger partial charge in [-0.25, -0.2) is 0 Å². The molecule has 0 unspecified atom stereocenters. The molecule has 2 heterocycles. The molecule has 2 aromatic heterocycles. The number of nitrogens with one attached hydrogen (secondary N) is 1. The van der Waals surface area contributed by atoms with Crippen molar-refractivity contribution in [3.8, 4) is 11.4 Å². The van der Waals surface area contributed by atoms with Crippen molar-refractivity contribution in [1.29, 1.82) is 0 Å². The van der Waals surface area contributed by atoms with Crippen LogP contribution in [-0.2, 0) is 20.1 Å². The molecular weight excluding hydrogens is 264 g/mol. The average Bonchev–Trinajstić information content (AvgIpc) is 3.14. The third-order valence-corrected chi connectivity index (χ3v) is 3.36. The summed E-state index contributed by atoms with van der Waals surface area (Å²) in [7, 11) is 1.94. The first-order valence-corrected chi connectivity index (χ1v) is 6.96. The lowest BCUT2D eigenvalue weighted by Gasteiger charge is -2.06. The summed E-state index contributed by atoms with van der Waals surface area (Å²) < 4.78 is 3.83. The van der Waals surface area contributed by atoms with Crippen LogP contribution in [0.2, 0.25) is 0 Å². The Morgan fingerprint density at radius 2 is 2.00 bits per heavy atom. The Hall–Kier alpha value is -2.63. The largest absolute Gasteiger partial charge is 0.381 e. The molecule has 0 aliphatic heterocycles. The number of anilines is 1. The van der Waals surface area contributed by atoms with Gasteiger partial charge in [0, 0.05) is 43.1 Å². The number of aromatic nitrogens is 5. The first-order chi connectivity index (χ1) is 10.3. The third kappa shape index (κ3) is 2.94. The van der Waals surface area contributed by atoms with E-state index in [0.29, 0.717) is 0 Å². The highest BCUT2D eigenvalue weighted by Crippen LogP contribution is 2.19. The van der Waals surface area contributed by atoms with Crippen molar-refractivity contribution in [2.75, 3.05) is 5.32 Å². The second-order valence-electron chi connectivity index (χ2n) is 4.90. The lowest BCUT2D eigenvalue weighted by atomic mass is 10.2. The molecule has 0 spiro atoms. The molecule has 1 N–H and O–H groups in total. The SMILES string of the molecule is CCn1cc(CNc2ccc(-c3nncn3C)cc2)cn1. The predicted molar refractivity (Wildman–Crippen MR) is 81.7 cm³/mol. The summed E-state index contributed by atoms with van der Waals surface area (Å²) in [6.07, 6.45) is 5.65. The summed E-state index contributed by atoms with van der Waals surface area (Å²) in [6.45, 7) is 3.74. The summed E-state index contributed by atoms with van der Waals surface area (Å²) in [5.74, 6) is 0.866. The van der Waals surface area contributed by atoms with E-state index in [0.717, 1.165) is 30.2 Å². The molecule has 0 aliphatic carbocycles. The topological polar surface area (TPSA) is 60.6 Å². The zero-order chi connectivity index (χ0) is 14.7. The molecule has 3 rings (SSSR count). The first-order valence-electron chi connectivity index (χ1n) is 6.96. The van der Waals surface area contributed by atoms with E-state index < -0.39 is 0 Å². The molecular formula is C15H18N6. The van der Waals surface area contributed by atoms with Crippen molar-refractivity contribution in [2.45, 2.75) is 20.0 Å². The highest BCUT2D eigenvalue weighted by Gasteiger charge is 2.04. The molecule has 108 valence electrons. The molecule has 6 heteroatoms. The van der Waals surface area contributed by atoms with E-state index in [2.05, 4.69) is 33.7 Å². The van der Waals surface area contributed by atoms with Gasteiger partial charge in [-0.05, 0) is 31.2 Å². The van der Waals surface area contributed by atoms with Gasteiger partial charge < -0.3 is 9.88 Å².